The van der Waals surface area contributed by atoms with Crippen LogP contribution < -0.4 is 44.3 Å². The number of ether oxygens (including phenoxy) is 3. The lowest BCUT2D eigenvalue weighted by Crippen LogP contribution is -2.35. The van der Waals surface area contributed by atoms with Gasteiger partial charge in [-0.05, 0) is 188 Å². The highest BCUT2D eigenvalue weighted by Gasteiger charge is 2.36. The highest BCUT2D eigenvalue weighted by molar-refractivity contribution is 7.90. The zero-order valence-electron chi connectivity index (χ0n) is 45.3. The molecular weight excluding hydrogens is 1110 g/mol. The van der Waals surface area contributed by atoms with E-state index in [1.54, 1.807) is 22.4 Å². The predicted molar refractivity (Wildman–Crippen MR) is 300 cm³/mol. The highest BCUT2D eigenvalue weighted by Crippen LogP contribution is 2.42. The standard InChI is InChI=1S/C19H22N4O4S.C19H21N3O4S.C18H20N4O4S/c1-23-15-8-9-27-17(15)18(21-23)28(25,26)22-19(24)20-16-13-6-2-4-11(13)10-12-5-3-7-14(12)16;23-19(21-27(24,25)16-7-8-22-9-10-26-18(16)22)20-17-14-5-1-3-12(14)11-13-4-2-6-15(13)17;23-18(21-27(24,25)16-17-22(10-19-16)7-8-26-17)20-15-13-5-1-3-11(13)9-12-4-2-6-14(12)15/h10H,2-9H2,1H3,(H2,20,22,24);7-8,11H,1-6,9-10H2,(H2,20,21,23);9-10H,1-8H2,(H2,20,21,23). The van der Waals surface area contributed by atoms with E-state index in [9.17, 15) is 39.6 Å². The molecule has 26 heteroatoms. The van der Waals surface area contributed by atoms with Crippen LogP contribution in [-0.4, -0.2) is 87.1 Å². The lowest BCUT2D eigenvalue weighted by Gasteiger charge is -2.16. The number of hydrogen-bond acceptors (Lipinski definition) is 14. The van der Waals surface area contributed by atoms with Crippen molar-refractivity contribution < 1.29 is 53.8 Å². The van der Waals surface area contributed by atoms with Crippen LogP contribution in [0, 0.1) is 0 Å². The number of aromatic nitrogens is 5. The lowest BCUT2D eigenvalue weighted by atomic mass is 9.99. The van der Waals surface area contributed by atoms with Crippen molar-refractivity contribution in [3.63, 3.8) is 0 Å². The third-order valence-corrected chi connectivity index (χ3v) is 20.9. The maximum atomic E-state index is 12.7. The molecule has 82 heavy (non-hydrogen) atoms. The van der Waals surface area contributed by atoms with Gasteiger partial charge in [0.05, 0.1) is 31.7 Å². The van der Waals surface area contributed by atoms with Gasteiger partial charge in [0.2, 0.25) is 21.8 Å². The Kier molecular flexibility index (Phi) is 13.8. The summed E-state index contributed by atoms with van der Waals surface area (Å²) in [6, 6.07) is 6.02. The van der Waals surface area contributed by atoms with E-state index in [1.807, 2.05) is 0 Å². The van der Waals surface area contributed by atoms with Gasteiger partial charge in [-0.1, -0.05) is 18.2 Å². The second kappa shape index (κ2) is 21.0. The van der Waals surface area contributed by atoms with Crippen LogP contribution in [0.2, 0.25) is 0 Å². The Hall–Kier alpha value is -7.58. The first-order valence-electron chi connectivity index (χ1n) is 28.2. The van der Waals surface area contributed by atoms with Crippen molar-refractivity contribution in [2.75, 3.05) is 35.8 Å². The minimum absolute atomic E-state index is 0.00123. The molecule has 0 spiro atoms. The van der Waals surface area contributed by atoms with Crippen molar-refractivity contribution in [2.24, 2.45) is 7.05 Å². The van der Waals surface area contributed by atoms with Crippen LogP contribution in [0.15, 0.2) is 51.7 Å². The van der Waals surface area contributed by atoms with Crippen molar-refractivity contribution in [3.8, 4) is 17.5 Å². The summed E-state index contributed by atoms with van der Waals surface area (Å²) in [6.07, 6.45) is 21.6. The van der Waals surface area contributed by atoms with E-state index in [-0.39, 0.29) is 32.5 Å². The Morgan fingerprint density at radius 3 is 1.33 bits per heavy atom. The van der Waals surface area contributed by atoms with Gasteiger partial charge in [-0.25, -0.2) is 42.0 Å². The summed E-state index contributed by atoms with van der Waals surface area (Å²) in [7, 11) is -10.6. The normalized spacial score (nSPS) is 17.1. The number of hydrogen-bond donors (Lipinski definition) is 6. The van der Waals surface area contributed by atoms with Gasteiger partial charge < -0.3 is 34.7 Å². The number of benzene rings is 3. The maximum Gasteiger partial charge on any atom is 0.333 e. The van der Waals surface area contributed by atoms with Gasteiger partial charge in [0.25, 0.3) is 30.1 Å². The van der Waals surface area contributed by atoms with Crippen molar-refractivity contribution in [1.82, 2.24) is 38.1 Å². The molecule has 0 radical (unpaired) electrons. The number of urea groups is 3. The molecule has 3 aliphatic heterocycles. The van der Waals surface area contributed by atoms with Crippen molar-refractivity contribution in [3.05, 3.63) is 109 Å². The van der Waals surface area contributed by atoms with Gasteiger partial charge in [-0.15, -0.1) is 0 Å². The molecule has 6 aromatic rings. The number of rotatable bonds is 9. The molecule has 15 rings (SSSR count). The van der Waals surface area contributed by atoms with Crippen LogP contribution in [0.5, 0.6) is 17.5 Å². The van der Waals surface area contributed by atoms with Crippen LogP contribution in [0.25, 0.3) is 0 Å². The van der Waals surface area contributed by atoms with Crippen LogP contribution >= 0.6 is 0 Å². The molecule has 3 aromatic carbocycles. The molecule has 0 unspecified atom stereocenters. The summed E-state index contributed by atoms with van der Waals surface area (Å²) in [4.78, 5) is 41.6. The summed E-state index contributed by atoms with van der Waals surface area (Å²) in [5.41, 5.74) is 17.7. The average Bonchev–Trinajstić information content (AvgIpc) is 4.44. The Balaban J connectivity index is 0.000000115. The molecule has 6 amide bonds. The fourth-order valence-electron chi connectivity index (χ4n) is 13.5. The molecule has 6 aliphatic carbocycles. The Bertz CT molecular complexity index is 3770. The molecule has 0 atom stereocenters. The first-order valence-corrected chi connectivity index (χ1v) is 32.6. The van der Waals surface area contributed by atoms with Gasteiger partial charge in [0, 0.05) is 36.7 Å². The second-order valence-corrected chi connectivity index (χ2v) is 27.0. The minimum atomic E-state index is -4.13. The zero-order chi connectivity index (χ0) is 56.7. The predicted octanol–water partition coefficient (Wildman–Crippen LogP) is 5.97. The highest BCUT2D eigenvalue weighted by atomic mass is 32.2. The summed E-state index contributed by atoms with van der Waals surface area (Å²) >= 11 is 0. The number of amides is 6. The van der Waals surface area contributed by atoms with E-state index in [0.717, 1.165) is 172 Å². The third-order valence-electron chi connectivity index (χ3n) is 17.1. The van der Waals surface area contributed by atoms with E-state index >= 15 is 0 Å². The molecule has 23 nitrogen and oxygen atoms in total. The third kappa shape index (κ3) is 9.87. The average molecular weight is 1180 g/mol. The van der Waals surface area contributed by atoms with Crippen LogP contribution in [0.4, 0.5) is 31.4 Å². The number of nitrogens with zero attached hydrogens (tertiary/aromatic N) is 5. The fraction of sp³-hybridized carbons (Fsp3) is 0.446. The smallest absolute Gasteiger partial charge is 0.333 e. The summed E-state index contributed by atoms with van der Waals surface area (Å²) in [6.45, 7) is 2.41. The monoisotopic (exact) mass is 1180 g/mol. The van der Waals surface area contributed by atoms with E-state index in [0.29, 0.717) is 39.3 Å². The molecule has 3 aromatic heterocycles. The number of aryl methyl sites for hydroxylation is 7. The molecule has 0 bridgehead atoms. The first-order chi connectivity index (χ1) is 39.5. The minimum Gasteiger partial charge on any atom is -0.488 e. The van der Waals surface area contributed by atoms with Crippen molar-refractivity contribution in [1.29, 1.82) is 0 Å². The van der Waals surface area contributed by atoms with Gasteiger partial charge in [-0.2, -0.15) is 21.9 Å². The second-order valence-electron chi connectivity index (χ2n) is 22.1. The fourth-order valence-corrected chi connectivity index (χ4v) is 16.6. The number of nitrogens with one attached hydrogen (secondary N) is 6. The summed E-state index contributed by atoms with van der Waals surface area (Å²) < 4.78 is 103. The molecule has 0 saturated heterocycles. The Morgan fingerprint density at radius 1 is 0.476 bits per heavy atom. The molecule has 0 saturated carbocycles. The molecule has 0 fully saturated rings. The molecule has 6 heterocycles. The van der Waals surface area contributed by atoms with Crippen molar-refractivity contribution in [2.45, 2.75) is 150 Å². The number of fused-ring (bicyclic) bond motifs is 9. The van der Waals surface area contributed by atoms with Gasteiger partial charge in [0.1, 0.15) is 18.1 Å². The van der Waals surface area contributed by atoms with E-state index in [4.69, 9.17) is 14.2 Å². The lowest BCUT2D eigenvalue weighted by molar-refractivity contribution is 0.255. The number of carbonyl (C=O) groups excluding carboxylic acids is 3. The van der Waals surface area contributed by atoms with Crippen LogP contribution in [0.3, 0.4) is 0 Å². The number of carbonyl (C=O) groups is 3. The van der Waals surface area contributed by atoms with Gasteiger partial charge in [-0.3, -0.25) is 9.25 Å². The van der Waals surface area contributed by atoms with E-state index < -0.39 is 48.2 Å². The number of anilines is 3. The maximum absolute atomic E-state index is 12.7. The Labute approximate surface area is 474 Å². The largest absolute Gasteiger partial charge is 0.488 e. The quantitative estimate of drug-likeness (QED) is 0.0972. The van der Waals surface area contributed by atoms with Gasteiger partial charge >= 0.3 is 18.1 Å². The van der Waals surface area contributed by atoms with Gasteiger partial charge in [0.15, 0.2) is 5.75 Å². The number of sulfonamides is 3. The first kappa shape index (κ1) is 53.7. The summed E-state index contributed by atoms with van der Waals surface area (Å²) in [5.74, 6) is 0.706. The van der Waals surface area contributed by atoms with E-state index in [1.165, 1.54) is 50.5 Å². The van der Waals surface area contributed by atoms with Crippen LogP contribution in [-0.2, 0) is 134 Å². The Morgan fingerprint density at radius 2 is 0.878 bits per heavy atom. The van der Waals surface area contributed by atoms with E-state index in [2.05, 4.69) is 58.4 Å². The van der Waals surface area contributed by atoms with Crippen molar-refractivity contribution >= 4 is 65.2 Å². The number of imidazole rings is 1. The zero-order valence-corrected chi connectivity index (χ0v) is 47.7. The molecule has 9 aliphatic rings. The molecule has 6 N–H and O–H groups in total. The molecular formula is C56H63N11O12S3. The van der Waals surface area contributed by atoms with Crippen LogP contribution in [0.1, 0.15) is 111 Å². The topological polar surface area (TPSA) is 294 Å². The summed E-state index contributed by atoms with van der Waals surface area (Å²) in [5, 5.41) is 12.1. The SMILES string of the molecule is Cn1nc(S(=O)(=O)NC(=O)Nc2c3c(cc4c2CCC4)CCC3)c2c1CCO2.O=C(Nc1c2c(cc3c1CCC3)CCC2)NS(=O)(=O)c1ccn2c1OCC2.O=C(Nc1c2c(cc3c1CCC3)CCC2)NS(=O)(=O)c1ncn2c1OCC2. The molecule has 432 valence electrons.